The molecule has 0 unspecified atom stereocenters. The van der Waals surface area contributed by atoms with Crippen LogP contribution in [0.3, 0.4) is 0 Å². The molecule has 0 amide bonds. The van der Waals surface area contributed by atoms with Crippen molar-refractivity contribution in [2.75, 3.05) is 6.54 Å². The van der Waals surface area contributed by atoms with Crippen molar-refractivity contribution in [3.05, 3.63) is 16.6 Å². The molecule has 0 aliphatic heterocycles. The number of aromatic nitrogens is 1. The summed E-state index contributed by atoms with van der Waals surface area (Å²) >= 11 is 1.78. The minimum absolute atomic E-state index is 0.368. The third-order valence-corrected chi connectivity index (χ3v) is 4.66. The zero-order chi connectivity index (χ0) is 11.3. The summed E-state index contributed by atoms with van der Waals surface area (Å²) in [6.45, 7) is 0.838. The fourth-order valence-corrected chi connectivity index (χ4v) is 3.58. The van der Waals surface area contributed by atoms with E-state index in [0.29, 0.717) is 5.41 Å². The van der Waals surface area contributed by atoms with E-state index in [-0.39, 0.29) is 0 Å². The van der Waals surface area contributed by atoms with Crippen LogP contribution in [0.1, 0.15) is 49.8 Å². The van der Waals surface area contributed by atoms with E-state index in [9.17, 15) is 0 Å². The summed E-state index contributed by atoms with van der Waals surface area (Å²) in [5, 5.41) is 0. The number of hydrogen-bond donors (Lipinski definition) is 1. The molecular weight excluding hydrogens is 216 g/mol. The van der Waals surface area contributed by atoms with Crippen LogP contribution in [-0.2, 0) is 6.42 Å². The summed E-state index contributed by atoms with van der Waals surface area (Å²) in [5.41, 5.74) is 8.36. The van der Waals surface area contributed by atoms with Crippen molar-refractivity contribution in [1.82, 2.24) is 4.98 Å². The SMILES string of the molecule is NCC1(Cc2cncs2)CCCCCCC1. The van der Waals surface area contributed by atoms with E-state index >= 15 is 0 Å². The van der Waals surface area contributed by atoms with Crippen molar-refractivity contribution in [1.29, 1.82) is 0 Å². The van der Waals surface area contributed by atoms with Gasteiger partial charge < -0.3 is 5.73 Å². The van der Waals surface area contributed by atoms with E-state index in [1.807, 2.05) is 11.7 Å². The summed E-state index contributed by atoms with van der Waals surface area (Å²) in [5.74, 6) is 0. The highest BCUT2D eigenvalue weighted by molar-refractivity contribution is 7.09. The van der Waals surface area contributed by atoms with Crippen LogP contribution in [0.15, 0.2) is 11.7 Å². The van der Waals surface area contributed by atoms with Gasteiger partial charge in [-0.15, -0.1) is 11.3 Å². The van der Waals surface area contributed by atoms with Gasteiger partial charge in [0.25, 0.3) is 0 Å². The number of nitrogens with two attached hydrogens (primary N) is 1. The molecule has 0 radical (unpaired) electrons. The van der Waals surface area contributed by atoms with E-state index in [1.54, 1.807) is 11.3 Å². The number of thiazole rings is 1. The standard InChI is InChI=1S/C13H22N2S/c14-10-13(8-12-9-15-11-16-12)6-4-2-1-3-5-7-13/h9,11H,1-8,10,14H2. The molecule has 1 aliphatic rings. The fourth-order valence-electron chi connectivity index (χ4n) is 2.81. The van der Waals surface area contributed by atoms with E-state index in [0.717, 1.165) is 13.0 Å². The second-order valence-corrected chi connectivity index (χ2v) is 6.09. The predicted molar refractivity (Wildman–Crippen MR) is 69.6 cm³/mol. The first-order chi connectivity index (χ1) is 7.85. The predicted octanol–water partition coefficient (Wildman–Crippen LogP) is 3.38. The molecule has 16 heavy (non-hydrogen) atoms. The van der Waals surface area contributed by atoms with Gasteiger partial charge in [0.15, 0.2) is 0 Å². The Bertz CT molecular complexity index is 287. The number of rotatable bonds is 3. The van der Waals surface area contributed by atoms with Crippen LogP contribution in [0.2, 0.25) is 0 Å². The van der Waals surface area contributed by atoms with Gasteiger partial charge in [-0.1, -0.05) is 32.1 Å². The third kappa shape index (κ3) is 3.05. The van der Waals surface area contributed by atoms with E-state index < -0.39 is 0 Å². The Morgan fingerprint density at radius 1 is 1.19 bits per heavy atom. The molecule has 2 N–H and O–H groups in total. The van der Waals surface area contributed by atoms with Gasteiger partial charge >= 0.3 is 0 Å². The molecule has 1 heterocycles. The highest BCUT2D eigenvalue weighted by Gasteiger charge is 2.29. The lowest BCUT2D eigenvalue weighted by Gasteiger charge is -2.34. The van der Waals surface area contributed by atoms with Gasteiger partial charge in [0.2, 0.25) is 0 Å². The normalized spacial score (nSPS) is 21.3. The van der Waals surface area contributed by atoms with Crippen LogP contribution < -0.4 is 5.73 Å². The van der Waals surface area contributed by atoms with Gasteiger partial charge in [-0.3, -0.25) is 4.98 Å². The summed E-state index contributed by atoms with van der Waals surface area (Å²) in [6.07, 6.45) is 12.7. The molecule has 0 saturated heterocycles. The van der Waals surface area contributed by atoms with E-state index in [1.165, 1.54) is 49.8 Å². The van der Waals surface area contributed by atoms with Crippen molar-refractivity contribution in [2.45, 2.75) is 51.4 Å². The van der Waals surface area contributed by atoms with Crippen molar-refractivity contribution < 1.29 is 0 Å². The van der Waals surface area contributed by atoms with Crippen LogP contribution in [0.4, 0.5) is 0 Å². The Morgan fingerprint density at radius 2 is 1.88 bits per heavy atom. The van der Waals surface area contributed by atoms with Crippen LogP contribution in [0.25, 0.3) is 0 Å². The first-order valence-corrected chi connectivity index (χ1v) is 7.30. The van der Waals surface area contributed by atoms with E-state index in [4.69, 9.17) is 5.73 Å². The average Bonchev–Trinajstić information content (AvgIpc) is 2.75. The molecule has 0 spiro atoms. The molecule has 0 atom stereocenters. The zero-order valence-electron chi connectivity index (χ0n) is 9.95. The third-order valence-electron chi connectivity index (χ3n) is 3.88. The van der Waals surface area contributed by atoms with Gasteiger partial charge in [0.1, 0.15) is 0 Å². The van der Waals surface area contributed by atoms with Crippen molar-refractivity contribution in [3.63, 3.8) is 0 Å². The monoisotopic (exact) mass is 238 g/mol. The quantitative estimate of drug-likeness (QED) is 0.877. The molecule has 3 heteroatoms. The lowest BCUT2D eigenvalue weighted by Crippen LogP contribution is -2.33. The maximum atomic E-state index is 6.06. The summed E-state index contributed by atoms with van der Waals surface area (Å²) < 4.78 is 0. The molecule has 1 fully saturated rings. The average molecular weight is 238 g/mol. The Kier molecular flexibility index (Phi) is 4.36. The first-order valence-electron chi connectivity index (χ1n) is 6.42. The Balaban J connectivity index is 2.03. The Labute approximate surface area is 102 Å². The smallest absolute Gasteiger partial charge is 0.0794 e. The second kappa shape index (κ2) is 5.78. The minimum Gasteiger partial charge on any atom is -0.330 e. The van der Waals surface area contributed by atoms with Crippen LogP contribution in [-0.4, -0.2) is 11.5 Å². The molecule has 1 saturated carbocycles. The molecular formula is C13H22N2S. The van der Waals surface area contributed by atoms with Crippen molar-refractivity contribution in [3.8, 4) is 0 Å². The van der Waals surface area contributed by atoms with E-state index in [2.05, 4.69) is 4.98 Å². The molecule has 0 bridgehead atoms. The van der Waals surface area contributed by atoms with Crippen LogP contribution in [0, 0.1) is 5.41 Å². The molecule has 90 valence electrons. The van der Waals surface area contributed by atoms with Gasteiger partial charge in [-0.25, -0.2) is 0 Å². The molecule has 1 aliphatic carbocycles. The number of hydrogen-bond acceptors (Lipinski definition) is 3. The van der Waals surface area contributed by atoms with Gasteiger partial charge in [-0.2, -0.15) is 0 Å². The van der Waals surface area contributed by atoms with Crippen LogP contribution >= 0.6 is 11.3 Å². The minimum atomic E-state index is 0.368. The molecule has 1 aromatic heterocycles. The summed E-state index contributed by atoms with van der Waals surface area (Å²) in [6, 6.07) is 0. The topological polar surface area (TPSA) is 38.9 Å². The Morgan fingerprint density at radius 3 is 2.44 bits per heavy atom. The van der Waals surface area contributed by atoms with Crippen LogP contribution in [0.5, 0.6) is 0 Å². The molecule has 1 aromatic rings. The maximum Gasteiger partial charge on any atom is 0.0794 e. The summed E-state index contributed by atoms with van der Waals surface area (Å²) in [7, 11) is 0. The highest BCUT2D eigenvalue weighted by atomic mass is 32.1. The molecule has 2 rings (SSSR count). The first kappa shape index (κ1) is 12.1. The molecule has 2 nitrogen and oxygen atoms in total. The Hall–Kier alpha value is -0.410. The lowest BCUT2D eigenvalue weighted by atomic mass is 9.73. The highest BCUT2D eigenvalue weighted by Crippen LogP contribution is 2.37. The van der Waals surface area contributed by atoms with Gasteiger partial charge in [-0.05, 0) is 31.2 Å². The van der Waals surface area contributed by atoms with Gasteiger partial charge in [0.05, 0.1) is 5.51 Å². The zero-order valence-corrected chi connectivity index (χ0v) is 10.8. The van der Waals surface area contributed by atoms with Crippen molar-refractivity contribution >= 4 is 11.3 Å². The fraction of sp³-hybridized carbons (Fsp3) is 0.769. The van der Waals surface area contributed by atoms with Crippen molar-refractivity contribution in [2.24, 2.45) is 11.1 Å². The second-order valence-electron chi connectivity index (χ2n) is 5.12. The summed E-state index contributed by atoms with van der Waals surface area (Å²) in [4.78, 5) is 5.58. The molecule has 0 aromatic carbocycles. The van der Waals surface area contributed by atoms with Gasteiger partial charge in [0, 0.05) is 11.1 Å². The largest absolute Gasteiger partial charge is 0.330 e. The lowest BCUT2D eigenvalue weighted by molar-refractivity contribution is 0.218. The maximum absolute atomic E-state index is 6.06. The number of nitrogens with zero attached hydrogens (tertiary/aromatic N) is 1.